The molecule has 0 aliphatic carbocycles. The molecule has 72 valence electrons. The molecule has 2 N–H and O–H groups in total. The Kier molecular flexibility index (Phi) is 4.29. The van der Waals surface area contributed by atoms with E-state index >= 15 is 0 Å². The molecule has 0 amide bonds. The fourth-order valence-corrected chi connectivity index (χ4v) is 1.16. The molecule has 3 heteroatoms. The van der Waals surface area contributed by atoms with E-state index in [1.165, 1.54) is 0 Å². The molecule has 0 atom stereocenters. The Morgan fingerprint density at radius 1 is 1.38 bits per heavy atom. The Balaban J connectivity index is 2.32. The van der Waals surface area contributed by atoms with Gasteiger partial charge in [0.2, 0.25) is 0 Å². The van der Waals surface area contributed by atoms with E-state index in [2.05, 4.69) is 5.48 Å². The van der Waals surface area contributed by atoms with Gasteiger partial charge in [-0.2, -0.15) is 0 Å². The van der Waals surface area contributed by atoms with Crippen LogP contribution in [0.2, 0.25) is 0 Å². The van der Waals surface area contributed by atoms with Gasteiger partial charge >= 0.3 is 0 Å². The van der Waals surface area contributed by atoms with Gasteiger partial charge in [0, 0.05) is 7.05 Å². The Bertz CT molecular complexity index is 250. The Morgan fingerprint density at radius 3 is 2.85 bits per heavy atom. The molecule has 3 nitrogen and oxygen atoms in total. The summed E-state index contributed by atoms with van der Waals surface area (Å²) in [7, 11) is 1.74. The van der Waals surface area contributed by atoms with Gasteiger partial charge in [0.15, 0.2) is 0 Å². The number of aryl methyl sites for hydroxylation is 1. The number of phenols is 1. The third-order valence-electron chi connectivity index (χ3n) is 1.83. The van der Waals surface area contributed by atoms with E-state index in [9.17, 15) is 5.11 Å². The second-order valence-corrected chi connectivity index (χ2v) is 2.78. The number of hydroxylamine groups is 1. The van der Waals surface area contributed by atoms with Crippen molar-refractivity contribution in [3.63, 3.8) is 0 Å². The summed E-state index contributed by atoms with van der Waals surface area (Å²) in [6.45, 7) is 0.658. The normalized spacial score (nSPS) is 10.2. The zero-order chi connectivity index (χ0) is 9.52. The zero-order valence-electron chi connectivity index (χ0n) is 7.79. The third kappa shape index (κ3) is 3.44. The topological polar surface area (TPSA) is 41.5 Å². The van der Waals surface area contributed by atoms with Crippen molar-refractivity contribution in [2.24, 2.45) is 0 Å². The molecule has 0 radical (unpaired) electrons. The molecule has 0 spiro atoms. The van der Waals surface area contributed by atoms with Crippen molar-refractivity contribution >= 4 is 0 Å². The minimum Gasteiger partial charge on any atom is -0.508 e. The number of hydrogen-bond donors (Lipinski definition) is 2. The standard InChI is InChI=1S/C10H15NO2/c1-11-13-8-4-6-9-5-2-3-7-10(9)12/h2-3,5,7,11-12H,4,6,8H2,1H3. The van der Waals surface area contributed by atoms with Crippen molar-refractivity contribution in [1.29, 1.82) is 0 Å². The van der Waals surface area contributed by atoms with Gasteiger partial charge in [-0.3, -0.25) is 0 Å². The maximum Gasteiger partial charge on any atom is 0.118 e. The molecule has 0 aromatic heterocycles. The van der Waals surface area contributed by atoms with Crippen molar-refractivity contribution in [2.45, 2.75) is 12.8 Å². The lowest BCUT2D eigenvalue weighted by Gasteiger charge is -2.03. The van der Waals surface area contributed by atoms with E-state index in [1.807, 2.05) is 18.2 Å². The van der Waals surface area contributed by atoms with E-state index in [0.717, 1.165) is 18.4 Å². The van der Waals surface area contributed by atoms with Gasteiger partial charge in [-0.15, -0.1) is 0 Å². The fraction of sp³-hybridized carbons (Fsp3) is 0.400. The summed E-state index contributed by atoms with van der Waals surface area (Å²) in [5, 5.41) is 9.41. The van der Waals surface area contributed by atoms with Crippen LogP contribution in [0.4, 0.5) is 0 Å². The van der Waals surface area contributed by atoms with E-state index in [4.69, 9.17) is 4.84 Å². The van der Waals surface area contributed by atoms with E-state index in [0.29, 0.717) is 12.4 Å². The lowest BCUT2D eigenvalue weighted by molar-refractivity contribution is 0.0563. The fourth-order valence-electron chi connectivity index (χ4n) is 1.16. The first-order chi connectivity index (χ1) is 6.34. The predicted molar refractivity (Wildman–Crippen MR) is 51.4 cm³/mol. The second kappa shape index (κ2) is 5.56. The van der Waals surface area contributed by atoms with Crippen LogP contribution in [0.15, 0.2) is 24.3 Å². The summed E-state index contributed by atoms with van der Waals surface area (Å²) in [6.07, 6.45) is 1.74. The SMILES string of the molecule is CNOCCCc1ccccc1O. The molecule has 0 aliphatic heterocycles. The molecule has 0 bridgehead atoms. The maximum absolute atomic E-state index is 9.41. The summed E-state index contributed by atoms with van der Waals surface area (Å²) in [5.74, 6) is 0.368. The Morgan fingerprint density at radius 2 is 2.15 bits per heavy atom. The number of rotatable bonds is 5. The number of hydrogen-bond acceptors (Lipinski definition) is 3. The summed E-state index contributed by atoms with van der Waals surface area (Å²) in [5.41, 5.74) is 3.58. The molecule has 1 aromatic carbocycles. The highest BCUT2D eigenvalue weighted by Gasteiger charge is 1.98. The van der Waals surface area contributed by atoms with E-state index in [1.54, 1.807) is 13.1 Å². The third-order valence-corrected chi connectivity index (χ3v) is 1.83. The minimum atomic E-state index is 0.368. The Labute approximate surface area is 78.3 Å². The number of phenolic OH excluding ortho intramolecular Hbond substituents is 1. The highest BCUT2D eigenvalue weighted by Crippen LogP contribution is 2.16. The molecular weight excluding hydrogens is 166 g/mol. The first kappa shape index (κ1) is 10.0. The van der Waals surface area contributed by atoms with Crippen molar-refractivity contribution < 1.29 is 9.94 Å². The molecule has 0 fully saturated rings. The van der Waals surface area contributed by atoms with Gasteiger partial charge in [-0.25, -0.2) is 5.48 Å². The van der Waals surface area contributed by atoms with Crippen LogP contribution < -0.4 is 5.48 Å². The minimum absolute atomic E-state index is 0.368. The molecule has 0 unspecified atom stereocenters. The molecule has 0 heterocycles. The molecule has 13 heavy (non-hydrogen) atoms. The first-order valence-electron chi connectivity index (χ1n) is 4.40. The maximum atomic E-state index is 9.41. The summed E-state index contributed by atoms with van der Waals surface area (Å²) < 4.78 is 0. The number of para-hydroxylation sites is 1. The van der Waals surface area contributed by atoms with Gasteiger partial charge in [0.25, 0.3) is 0 Å². The van der Waals surface area contributed by atoms with E-state index < -0.39 is 0 Å². The van der Waals surface area contributed by atoms with Crippen LogP contribution in [0.1, 0.15) is 12.0 Å². The summed E-state index contributed by atoms with van der Waals surface area (Å²) in [4.78, 5) is 4.96. The van der Waals surface area contributed by atoms with Crippen molar-refractivity contribution in [3.8, 4) is 5.75 Å². The van der Waals surface area contributed by atoms with Crippen molar-refractivity contribution in [1.82, 2.24) is 5.48 Å². The number of benzene rings is 1. The smallest absolute Gasteiger partial charge is 0.118 e. The van der Waals surface area contributed by atoms with Crippen LogP contribution in [-0.2, 0) is 11.3 Å². The average molecular weight is 181 g/mol. The van der Waals surface area contributed by atoms with Gasteiger partial charge in [0.05, 0.1) is 6.61 Å². The lowest BCUT2D eigenvalue weighted by Crippen LogP contribution is -2.08. The van der Waals surface area contributed by atoms with Crippen molar-refractivity contribution in [2.75, 3.05) is 13.7 Å². The van der Waals surface area contributed by atoms with Gasteiger partial charge in [-0.05, 0) is 24.5 Å². The molecule has 1 rings (SSSR count). The molecule has 0 saturated carbocycles. The summed E-state index contributed by atoms with van der Waals surface area (Å²) in [6, 6.07) is 7.37. The Hall–Kier alpha value is -1.06. The van der Waals surface area contributed by atoms with Gasteiger partial charge < -0.3 is 9.94 Å². The average Bonchev–Trinajstić information content (AvgIpc) is 2.15. The molecule has 0 saturated heterocycles. The van der Waals surface area contributed by atoms with Gasteiger partial charge in [0.1, 0.15) is 5.75 Å². The lowest BCUT2D eigenvalue weighted by atomic mass is 10.1. The number of nitrogens with one attached hydrogen (secondary N) is 1. The highest BCUT2D eigenvalue weighted by atomic mass is 16.6. The zero-order valence-corrected chi connectivity index (χ0v) is 7.79. The quantitative estimate of drug-likeness (QED) is 0.534. The van der Waals surface area contributed by atoms with Crippen LogP contribution >= 0.6 is 0 Å². The van der Waals surface area contributed by atoms with Crippen LogP contribution in [-0.4, -0.2) is 18.8 Å². The number of aromatic hydroxyl groups is 1. The summed E-state index contributed by atoms with van der Waals surface area (Å²) >= 11 is 0. The predicted octanol–water partition coefficient (Wildman–Crippen LogP) is 1.48. The molecule has 1 aromatic rings. The van der Waals surface area contributed by atoms with Crippen LogP contribution in [0, 0.1) is 0 Å². The molecule has 0 aliphatic rings. The largest absolute Gasteiger partial charge is 0.508 e. The first-order valence-corrected chi connectivity index (χ1v) is 4.40. The van der Waals surface area contributed by atoms with E-state index in [-0.39, 0.29) is 0 Å². The monoisotopic (exact) mass is 181 g/mol. The van der Waals surface area contributed by atoms with Gasteiger partial charge in [-0.1, -0.05) is 18.2 Å². The van der Waals surface area contributed by atoms with Crippen LogP contribution in [0.3, 0.4) is 0 Å². The molecular formula is C10H15NO2. The van der Waals surface area contributed by atoms with Crippen LogP contribution in [0.5, 0.6) is 5.75 Å². The van der Waals surface area contributed by atoms with Crippen molar-refractivity contribution in [3.05, 3.63) is 29.8 Å². The highest BCUT2D eigenvalue weighted by molar-refractivity contribution is 5.31. The van der Waals surface area contributed by atoms with Crippen LogP contribution in [0.25, 0.3) is 0 Å². The second-order valence-electron chi connectivity index (χ2n) is 2.78.